The number of aromatic nitrogens is 1. The van der Waals surface area contributed by atoms with E-state index < -0.39 is 17.6 Å². The van der Waals surface area contributed by atoms with Gasteiger partial charge >= 0.3 is 0 Å². The lowest BCUT2D eigenvalue weighted by atomic mass is 10.1. The average molecular weight is 454 g/mol. The van der Waals surface area contributed by atoms with Gasteiger partial charge in [-0.15, -0.1) is 11.3 Å². The van der Waals surface area contributed by atoms with E-state index in [1.807, 2.05) is 0 Å². The van der Waals surface area contributed by atoms with Crippen molar-refractivity contribution in [3.8, 4) is 17.0 Å². The second-order valence-electron chi connectivity index (χ2n) is 5.22. The molecule has 0 aliphatic heterocycles. The Kier molecular flexibility index (Phi) is 5.87. The number of furan rings is 1. The van der Waals surface area contributed by atoms with Gasteiger partial charge in [0.05, 0.1) is 19.3 Å². The monoisotopic (exact) mass is 453 g/mol. The van der Waals surface area contributed by atoms with Crippen molar-refractivity contribution >= 4 is 44.2 Å². The van der Waals surface area contributed by atoms with Crippen LogP contribution in [0.1, 0.15) is 10.6 Å². The van der Waals surface area contributed by atoms with Gasteiger partial charge in [-0.05, 0) is 46.3 Å². The van der Waals surface area contributed by atoms with Crippen LogP contribution in [0.4, 0.5) is 9.52 Å². The minimum atomic E-state index is -0.510. The molecule has 0 radical (unpaired) electrons. The predicted molar refractivity (Wildman–Crippen MR) is 101 cm³/mol. The fraction of sp³-hybridized carbons (Fsp3) is 0.118. The van der Waals surface area contributed by atoms with Crippen LogP contribution >= 0.6 is 27.3 Å². The zero-order valence-electron chi connectivity index (χ0n) is 13.9. The maximum absolute atomic E-state index is 13.8. The third-order valence-corrected chi connectivity index (χ3v) is 4.59. The largest absolute Gasteiger partial charge is 0.494 e. The Morgan fingerprint density at radius 3 is 2.81 bits per heavy atom. The first-order chi connectivity index (χ1) is 13.0. The van der Waals surface area contributed by atoms with E-state index in [4.69, 9.17) is 9.15 Å². The molecule has 3 rings (SSSR count). The van der Waals surface area contributed by atoms with Crippen molar-refractivity contribution in [3.05, 3.63) is 52.0 Å². The molecule has 0 bridgehead atoms. The van der Waals surface area contributed by atoms with Gasteiger partial charge in [0, 0.05) is 10.9 Å². The summed E-state index contributed by atoms with van der Waals surface area (Å²) in [6.07, 6.45) is 0. The Morgan fingerprint density at radius 1 is 1.33 bits per heavy atom. The number of nitrogens with zero attached hydrogens (tertiary/aromatic N) is 1. The lowest BCUT2D eigenvalue weighted by Crippen LogP contribution is -2.32. The van der Waals surface area contributed by atoms with Crippen molar-refractivity contribution < 1.29 is 23.1 Å². The SMILES string of the molecule is COc1ccc(-c2csc(NC(=O)CNC(=O)c3ccc(Br)o3)n2)cc1F. The molecule has 2 aromatic heterocycles. The standard InChI is InChI=1S/C17H13BrFN3O4S/c1-25-12-3-2-9(6-10(12)19)11-8-27-17(21-11)22-15(23)7-20-16(24)13-4-5-14(18)26-13/h2-6,8H,7H2,1H3,(H,20,24)(H,21,22,23). The number of methoxy groups -OCH3 is 1. The van der Waals surface area contributed by atoms with E-state index in [-0.39, 0.29) is 18.1 Å². The number of hydrogen-bond donors (Lipinski definition) is 2. The third-order valence-electron chi connectivity index (χ3n) is 3.40. The van der Waals surface area contributed by atoms with Crippen molar-refractivity contribution in [3.63, 3.8) is 0 Å². The highest BCUT2D eigenvalue weighted by Gasteiger charge is 2.14. The summed E-state index contributed by atoms with van der Waals surface area (Å²) < 4.78 is 24.2. The van der Waals surface area contributed by atoms with Crippen LogP contribution < -0.4 is 15.4 Å². The summed E-state index contributed by atoms with van der Waals surface area (Å²) in [6, 6.07) is 7.54. The molecule has 140 valence electrons. The zero-order valence-corrected chi connectivity index (χ0v) is 16.3. The number of nitrogens with one attached hydrogen (secondary N) is 2. The van der Waals surface area contributed by atoms with E-state index in [9.17, 15) is 14.0 Å². The van der Waals surface area contributed by atoms with Gasteiger partial charge in [0.15, 0.2) is 27.1 Å². The first-order valence-electron chi connectivity index (χ1n) is 7.59. The summed E-state index contributed by atoms with van der Waals surface area (Å²) in [5.41, 5.74) is 1.07. The van der Waals surface area contributed by atoms with Crippen LogP contribution in [0.2, 0.25) is 0 Å². The molecule has 2 amide bonds. The first-order valence-corrected chi connectivity index (χ1v) is 9.26. The number of carbonyl (C=O) groups is 2. The molecule has 0 aliphatic rings. The lowest BCUT2D eigenvalue weighted by Gasteiger charge is -2.04. The Balaban J connectivity index is 1.58. The van der Waals surface area contributed by atoms with E-state index in [1.165, 1.54) is 36.6 Å². The van der Waals surface area contributed by atoms with Gasteiger partial charge in [0.1, 0.15) is 0 Å². The maximum Gasteiger partial charge on any atom is 0.287 e. The van der Waals surface area contributed by atoms with Crippen molar-refractivity contribution in [1.29, 1.82) is 0 Å². The Bertz CT molecular complexity index is 988. The summed E-state index contributed by atoms with van der Waals surface area (Å²) in [7, 11) is 1.39. The van der Waals surface area contributed by atoms with Gasteiger partial charge in [-0.3, -0.25) is 9.59 Å². The third kappa shape index (κ3) is 4.72. The number of ether oxygens (including phenoxy) is 1. The number of halogens is 2. The maximum atomic E-state index is 13.8. The predicted octanol–water partition coefficient (Wildman–Crippen LogP) is 3.68. The number of carbonyl (C=O) groups excluding carboxylic acids is 2. The van der Waals surface area contributed by atoms with Crippen LogP contribution in [0.3, 0.4) is 0 Å². The molecule has 0 saturated carbocycles. The molecule has 0 aliphatic carbocycles. The summed E-state index contributed by atoms with van der Waals surface area (Å²) in [6.45, 7) is -0.247. The molecule has 7 nitrogen and oxygen atoms in total. The van der Waals surface area contributed by atoms with Crippen LogP contribution in [-0.4, -0.2) is 30.5 Å². The van der Waals surface area contributed by atoms with Crippen molar-refractivity contribution in [2.75, 3.05) is 19.0 Å². The number of thiazole rings is 1. The van der Waals surface area contributed by atoms with Gasteiger partial charge in [-0.25, -0.2) is 9.37 Å². The summed E-state index contributed by atoms with van der Waals surface area (Å²) in [5.74, 6) is -1.23. The topological polar surface area (TPSA) is 93.5 Å². The van der Waals surface area contributed by atoms with Crippen molar-refractivity contribution in [2.45, 2.75) is 0 Å². The van der Waals surface area contributed by atoms with E-state index in [0.29, 0.717) is 21.1 Å². The molecule has 2 N–H and O–H groups in total. The van der Waals surface area contributed by atoms with Crippen molar-refractivity contribution in [1.82, 2.24) is 10.3 Å². The molecule has 27 heavy (non-hydrogen) atoms. The van der Waals surface area contributed by atoms with Crippen LogP contribution in [0, 0.1) is 5.82 Å². The molecule has 0 saturated heterocycles. The van der Waals surface area contributed by atoms with E-state index in [1.54, 1.807) is 17.5 Å². The summed E-state index contributed by atoms with van der Waals surface area (Å²) in [4.78, 5) is 28.0. The quantitative estimate of drug-likeness (QED) is 0.593. The minimum absolute atomic E-state index is 0.0905. The molecule has 1 aromatic carbocycles. The number of amides is 2. The fourth-order valence-corrected chi connectivity index (χ4v) is 3.18. The van der Waals surface area contributed by atoms with Gasteiger partial charge in [0.2, 0.25) is 5.91 Å². The molecule has 0 atom stereocenters. The highest BCUT2D eigenvalue weighted by Crippen LogP contribution is 2.28. The first kappa shape index (κ1) is 19.1. The summed E-state index contributed by atoms with van der Waals surface area (Å²) >= 11 is 4.28. The van der Waals surface area contributed by atoms with Gasteiger partial charge in [-0.2, -0.15) is 0 Å². The Hall–Kier alpha value is -2.72. The molecule has 0 spiro atoms. The van der Waals surface area contributed by atoms with Crippen LogP contribution in [0.15, 0.2) is 44.8 Å². The van der Waals surface area contributed by atoms with Crippen LogP contribution in [-0.2, 0) is 4.79 Å². The van der Waals surface area contributed by atoms with E-state index in [2.05, 4.69) is 31.5 Å². The van der Waals surface area contributed by atoms with Crippen molar-refractivity contribution in [2.24, 2.45) is 0 Å². The summed E-state index contributed by atoms with van der Waals surface area (Å²) in [5, 5.41) is 7.04. The smallest absolute Gasteiger partial charge is 0.287 e. The van der Waals surface area contributed by atoms with E-state index in [0.717, 1.165) is 0 Å². The molecule has 0 unspecified atom stereocenters. The highest BCUT2D eigenvalue weighted by atomic mass is 79.9. The number of rotatable bonds is 6. The van der Waals surface area contributed by atoms with Crippen LogP contribution in [0.5, 0.6) is 5.75 Å². The number of anilines is 1. The fourth-order valence-electron chi connectivity index (χ4n) is 2.14. The second kappa shape index (κ2) is 8.31. The highest BCUT2D eigenvalue weighted by molar-refractivity contribution is 9.10. The Morgan fingerprint density at radius 2 is 2.15 bits per heavy atom. The Labute approximate surface area is 165 Å². The van der Waals surface area contributed by atoms with Gasteiger partial charge < -0.3 is 19.8 Å². The van der Waals surface area contributed by atoms with Gasteiger partial charge in [0.25, 0.3) is 5.91 Å². The van der Waals surface area contributed by atoms with Crippen LogP contribution in [0.25, 0.3) is 11.3 Å². The lowest BCUT2D eigenvalue weighted by molar-refractivity contribution is -0.115. The van der Waals surface area contributed by atoms with Gasteiger partial charge in [-0.1, -0.05) is 0 Å². The zero-order chi connectivity index (χ0) is 19.4. The second-order valence-corrected chi connectivity index (χ2v) is 6.86. The average Bonchev–Trinajstić information content (AvgIpc) is 3.29. The molecule has 0 fully saturated rings. The molecule has 3 aromatic rings. The number of hydrogen-bond acceptors (Lipinski definition) is 6. The minimum Gasteiger partial charge on any atom is -0.494 e. The molecular weight excluding hydrogens is 441 g/mol. The molecule has 10 heteroatoms. The number of benzene rings is 1. The van der Waals surface area contributed by atoms with E-state index >= 15 is 0 Å². The molecular formula is C17H13BrFN3O4S. The normalized spacial score (nSPS) is 10.5. The molecule has 2 heterocycles.